The summed E-state index contributed by atoms with van der Waals surface area (Å²) in [5, 5.41) is 3.27. The van der Waals surface area contributed by atoms with E-state index in [1.165, 1.54) is 12.8 Å². The summed E-state index contributed by atoms with van der Waals surface area (Å²) >= 11 is 0. The SMILES string of the molecule is CC1(C)CCCN(S(=O)(=O)CCNC2CC2)C1. The number of hydrogen-bond acceptors (Lipinski definition) is 3. The molecular weight excluding hydrogens is 236 g/mol. The predicted molar refractivity (Wildman–Crippen MR) is 69.4 cm³/mol. The standard InChI is InChI=1S/C12H24N2O2S/c1-12(2)6-3-8-14(10-12)17(15,16)9-7-13-11-4-5-11/h11,13H,3-10H2,1-2H3. The number of hydrogen-bond donors (Lipinski definition) is 1. The third-order valence-electron chi connectivity index (χ3n) is 3.63. The fourth-order valence-electron chi connectivity index (χ4n) is 2.42. The fraction of sp³-hybridized carbons (Fsp3) is 1.00. The minimum atomic E-state index is -3.05. The first-order chi connectivity index (χ1) is 7.89. The van der Waals surface area contributed by atoms with E-state index in [1.54, 1.807) is 4.31 Å². The van der Waals surface area contributed by atoms with Gasteiger partial charge >= 0.3 is 0 Å². The number of nitrogens with one attached hydrogen (secondary N) is 1. The number of sulfonamides is 1. The predicted octanol–water partition coefficient (Wildman–Crippen LogP) is 1.19. The highest BCUT2D eigenvalue weighted by Gasteiger charge is 2.33. The summed E-state index contributed by atoms with van der Waals surface area (Å²) in [6.07, 6.45) is 4.52. The van der Waals surface area contributed by atoms with Crippen molar-refractivity contribution in [2.45, 2.75) is 45.6 Å². The molecule has 1 heterocycles. The number of nitrogens with zero attached hydrogens (tertiary/aromatic N) is 1. The monoisotopic (exact) mass is 260 g/mol. The van der Waals surface area contributed by atoms with Crippen LogP contribution in [0.1, 0.15) is 39.5 Å². The molecule has 1 saturated heterocycles. The molecule has 4 nitrogen and oxygen atoms in total. The van der Waals surface area contributed by atoms with Crippen molar-refractivity contribution in [1.29, 1.82) is 0 Å². The Morgan fingerprint density at radius 1 is 1.35 bits per heavy atom. The van der Waals surface area contributed by atoms with Crippen LogP contribution in [0.15, 0.2) is 0 Å². The Bertz CT molecular complexity index is 361. The molecule has 2 fully saturated rings. The van der Waals surface area contributed by atoms with Crippen molar-refractivity contribution in [2.75, 3.05) is 25.4 Å². The van der Waals surface area contributed by atoms with Gasteiger partial charge in [-0.1, -0.05) is 13.8 Å². The van der Waals surface area contributed by atoms with E-state index < -0.39 is 10.0 Å². The van der Waals surface area contributed by atoms with Crippen LogP contribution in [-0.4, -0.2) is 44.2 Å². The molecule has 0 spiro atoms. The molecule has 0 aromatic heterocycles. The number of rotatable bonds is 5. The maximum Gasteiger partial charge on any atom is 0.215 e. The molecule has 0 aromatic carbocycles. The molecule has 2 aliphatic rings. The van der Waals surface area contributed by atoms with E-state index in [1.807, 2.05) is 0 Å². The van der Waals surface area contributed by atoms with E-state index in [2.05, 4.69) is 19.2 Å². The minimum absolute atomic E-state index is 0.134. The van der Waals surface area contributed by atoms with Crippen molar-refractivity contribution in [3.05, 3.63) is 0 Å². The van der Waals surface area contributed by atoms with Gasteiger partial charge < -0.3 is 5.32 Å². The summed E-state index contributed by atoms with van der Waals surface area (Å²) in [4.78, 5) is 0. The lowest BCUT2D eigenvalue weighted by Gasteiger charge is -2.37. The summed E-state index contributed by atoms with van der Waals surface area (Å²) in [7, 11) is -3.05. The van der Waals surface area contributed by atoms with Crippen LogP contribution in [0.3, 0.4) is 0 Å². The summed E-state index contributed by atoms with van der Waals surface area (Å²) in [5.41, 5.74) is 0.134. The molecule has 100 valence electrons. The molecule has 2 rings (SSSR count). The molecule has 0 atom stereocenters. The van der Waals surface area contributed by atoms with E-state index >= 15 is 0 Å². The molecule has 1 aliphatic carbocycles. The van der Waals surface area contributed by atoms with Crippen molar-refractivity contribution in [2.24, 2.45) is 5.41 Å². The Kier molecular flexibility index (Phi) is 3.80. The Hall–Kier alpha value is -0.130. The Labute approximate surface area is 105 Å². The van der Waals surface area contributed by atoms with Gasteiger partial charge in [-0.05, 0) is 31.1 Å². The lowest BCUT2D eigenvalue weighted by atomic mass is 9.85. The molecule has 5 heteroatoms. The fourth-order valence-corrected chi connectivity index (χ4v) is 4.00. The molecule has 17 heavy (non-hydrogen) atoms. The summed E-state index contributed by atoms with van der Waals surface area (Å²) in [5.74, 6) is 0.250. The van der Waals surface area contributed by atoms with Crippen molar-refractivity contribution in [1.82, 2.24) is 9.62 Å². The van der Waals surface area contributed by atoms with Gasteiger partial charge in [0.2, 0.25) is 10.0 Å². The Morgan fingerprint density at radius 2 is 2.06 bits per heavy atom. The van der Waals surface area contributed by atoms with Crippen molar-refractivity contribution >= 4 is 10.0 Å². The van der Waals surface area contributed by atoms with Gasteiger partial charge in [0, 0.05) is 25.7 Å². The van der Waals surface area contributed by atoms with Crippen molar-refractivity contribution in [3.63, 3.8) is 0 Å². The van der Waals surface area contributed by atoms with Gasteiger partial charge in [0.25, 0.3) is 0 Å². The minimum Gasteiger partial charge on any atom is -0.313 e. The van der Waals surface area contributed by atoms with Crippen LogP contribution in [0, 0.1) is 5.41 Å². The largest absolute Gasteiger partial charge is 0.313 e. The van der Waals surface area contributed by atoms with E-state index in [-0.39, 0.29) is 11.2 Å². The second kappa shape index (κ2) is 4.86. The molecule has 0 unspecified atom stereocenters. The normalized spacial score (nSPS) is 26.0. The Balaban J connectivity index is 1.85. The van der Waals surface area contributed by atoms with E-state index in [0.29, 0.717) is 25.7 Å². The molecule has 1 saturated carbocycles. The van der Waals surface area contributed by atoms with Gasteiger partial charge in [-0.2, -0.15) is 0 Å². The van der Waals surface area contributed by atoms with Crippen LogP contribution in [-0.2, 0) is 10.0 Å². The smallest absolute Gasteiger partial charge is 0.215 e. The van der Waals surface area contributed by atoms with Crippen molar-refractivity contribution < 1.29 is 8.42 Å². The quantitative estimate of drug-likeness (QED) is 0.808. The maximum absolute atomic E-state index is 12.2. The third kappa shape index (κ3) is 3.93. The van der Waals surface area contributed by atoms with E-state index in [4.69, 9.17) is 0 Å². The molecule has 1 aliphatic heterocycles. The zero-order chi connectivity index (χ0) is 12.5. The third-order valence-corrected chi connectivity index (χ3v) is 5.45. The maximum atomic E-state index is 12.2. The first kappa shape index (κ1) is 13.3. The molecule has 0 bridgehead atoms. The summed E-state index contributed by atoms with van der Waals surface area (Å²) in [6.45, 7) is 6.28. The summed E-state index contributed by atoms with van der Waals surface area (Å²) in [6, 6.07) is 0.586. The van der Waals surface area contributed by atoms with Gasteiger partial charge in [-0.15, -0.1) is 0 Å². The second-order valence-electron chi connectivity index (χ2n) is 6.15. The highest BCUT2D eigenvalue weighted by molar-refractivity contribution is 7.89. The first-order valence-electron chi connectivity index (χ1n) is 6.60. The van der Waals surface area contributed by atoms with Crippen LogP contribution in [0.4, 0.5) is 0 Å². The molecule has 0 radical (unpaired) electrons. The molecule has 1 N–H and O–H groups in total. The van der Waals surface area contributed by atoms with E-state index in [0.717, 1.165) is 12.8 Å². The van der Waals surface area contributed by atoms with Crippen LogP contribution < -0.4 is 5.32 Å². The molecular formula is C12H24N2O2S. The van der Waals surface area contributed by atoms with Crippen LogP contribution in [0.5, 0.6) is 0 Å². The number of piperidine rings is 1. The average molecular weight is 260 g/mol. The van der Waals surface area contributed by atoms with Crippen LogP contribution in [0.25, 0.3) is 0 Å². The summed E-state index contributed by atoms with van der Waals surface area (Å²) < 4.78 is 26.0. The molecule has 0 amide bonds. The highest BCUT2D eigenvalue weighted by Crippen LogP contribution is 2.29. The topological polar surface area (TPSA) is 49.4 Å². The lowest BCUT2D eigenvalue weighted by molar-refractivity contribution is 0.187. The Morgan fingerprint density at radius 3 is 2.65 bits per heavy atom. The van der Waals surface area contributed by atoms with E-state index in [9.17, 15) is 8.42 Å². The van der Waals surface area contributed by atoms with Crippen LogP contribution >= 0.6 is 0 Å². The lowest BCUT2D eigenvalue weighted by Crippen LogP contribution is -2.45. The second-order valence-corrected chi connectivity index (χ2v) is 8.23. The first-order valence-corrected chi connectivity index (χ1v) is 8.21. The average Bonchev–Trinajstić information content (AvgIpc) is 3.00. The van der Waals surface area contributed by atoms with Crippen molar-refractivity contribution in [3.8, 4) is 0 Å². The zero-order valence-electron chi connectivity index (χ0n) is 10.9. The molecule has 0 aromatic rings. The van der Waals surface area contributed by atoms with Gasteiger partial charge in [0.15, 0.2) is 0 Å². The van der Waals surface area contributed by atoms with Crippen LogP contribution in [0.2, 0.25) is 0 Å². The zero-order valence-corrected chi connectivity index (χ0v) is 11.7. The van der Waals surface area contributed by atoms with Gasteiger partial charge in [0.1, 0.15) is 0 Å². The highest BCUT2D eigenvalue weighted by atomic mass is 32.2. The van der Waals surface area contributed by atoms with Gasteiger partial charge in [0.05, 0.1) is 5.75 Å². The van der Waals surface area contributed by atoms with Gasteiger partial charge in [-0.25, -0.2) is 12.7 Å². The van der Waals surface area contributed by atoms with Gasteiger partial charge in [-0.3, -0.25) is 0 Å².